The molecule has 3 nitrogen and oxygen atoms in total. The number of fused-ring (bicyclic) bond motifs is 1. The fourth-order valence-electron chi connectivity index (χ4n) is 2.04. The van der Waals surface area contributed by atoms with Crippen molar-refractivity contribution in [2.75, 3.05) is 12.8 Å². The fraction of sp³-hybridized carbons (Fsp3) is 0.667. The van der Waals surface area contributed by atoms with Gasteiger partial charge in [0.15, 0.2) is 9.84 Å². The van der Waals surface area contributed by atoms with Crippen molar-refractivity contribution in [2.45, 2.75) is 37.5 Å². The molecule has 6 heteroatoms. The largest absolute Gasteiger partial charge is 0.308 e. The normalized spacial score (nSPS) is 20.1. The Kier molecular flexibility index (Phi) is 3.80. The van der Waals surface area contributed by atoms with E-state index in [9.17, 15) is 8.42 Å². The van der Waals surface area contributed by atoms with E-state index < -0.39 is 14.6 Å². The topological polar surface area (TPSA) is 46.2 Å². The lowest BCUT2D eigenvalue weighted by Gasteiger charge is -2.25. The number of hydrogen-bond donors (Lipinski definition) is 1. The molecule has 0 aliphatic heterocycles. The van der Waals surface area contributed by atoms with Gasteiger partial charge in [0.05, 0.1) is 9.08 Å². The molecule has 0 fully saturated rings. The third-order valence-corrected chi connectivity index (χ3v) is 7.12. The van der Waals surface area contributed by atoms with E-state index in [1.807, 2.05) is 6.07 Å². The summed E-state index contributed by atoms with van der Waals surface area (Å²) >= 11 is 7.63. The van der Waals surface area contributed by atoms with Crippen LogP contribution >= 0.6 is 22.9 Å². The van der Waals surface area contributed by atoms with E-state index in [0.29, 0.717) is 6.54 Å². The maximum atomic E-state index is 11.6. The highest BCUT2D eigenvalue weighted by atomic mass is 35.5. The van der Waals surface area contributed by atoms with Crippen LogP contribution in [0.5, 0.6) is 0 Å². The number of thiophene rings is 1. The molecule has 1 aromatic rings. The van der Waals surface area contributed by atoms with E-state index in [1.165, 1.54) is 16.7 Å². The molecule has 0 amide bonds. The molecule has 2 rings (SSSR count). The van der Waals surface area contributed by atoms with Gasteiger partial charge in [0.2, 0.25) is 0 Å². The summed E-state index contributed by atoms with van der Waals surface area (Å²) in [7, 11) is -3.05. The quantitative estimate of drug-likeness (QED) is 0.930. The molecule has 1 atom stereocenters. The van der Waals surface area contributed by atoms with Crippen LogP contribution in [-0.4, -0.2) is 26.0 Å². The highest BCUT2D eigenvalue weighted by Crippen LogP contribution is 2.39. The van der Waals surface area contributed by atoms with Gasteiger partial charge in [0, 0.05) is 23.7 Å². The number of sulfone groups is 1. The smallest absolute Gasteiger partial charge is 0.153 e. The molecule has 0 saturated heterocycles. The average Bonchev–Trinajstić information content (AvgIpc) is 2.72. The Bertz CT molecular complexity index is 548. The van der Waals surface area contributed by atoms with Gasteiger partial charge in [-0.15, -0.1) is 11.3 Å². The lowest BCUT2D eigenvalue weighted by molar-refractivity contribution is 0.470. The zero-order chi connectivity index (χ0) is 13.6. The summed E-state index contributed by atoms with van der Waals surface area (Å²) in [5.74, 6) is 0. The predicted octanol–water partition coefficient (Wildman–Crippen LogP) is 2.80. The first-order valence-electron chi connectivity index (χ1n) is 5.92. The number of halogens is 1. The Morgan fingerprint density at radius 3 is 2.83 bits per heavy atom. The Balaban J connectivity index is 2.05. The Labute approximate surface area is 117 Å². The van der Waals surface area contributed by atoms with Gasteiger partial charge in [-0.1, -0.05) is 11.6 Å². The van der Waals surface area contributed by atoms with Crippen LogP contribution in [0, 0.1) is 0 Å². The van der Waals surface area contributed by atoms with Crippen molar-refractivity contribution in [3.63, 3.8) is 0 Å². The Hall–Kier alpha value is -0.100. The van der Waals surface area contributed by atoms with E-state index in [1.54, 1.807) is 25.2 Å². The summed E-state index contributed by atoms with van der Waals surface area (Å²) in [5, 5.41) is 3.37. The maximum absolute atomic E-state index is 11.6. The van der Waals surface area contributed by atoms with Crippen LogP contribution in [0.2, 0.25) is 4.34 Å². The molecule has 0 saturated carbocycles. The van der Waals surface area contributed by atoms with Crippen LogP contribution in [-0.2, 0) is 16.3 Å². The van der Waals surface area contributed by atoms with Crippen LogP contribution in [0.4, 0.5) is 0 Å². The van der Waals surface area contributed by atoms with Crippen molar-refractivity contribution < 1.29 is 8.42 Å². The van der Waals surface area contributed by atoms with Crippen molar-refractivity contribution in [3.8, 4) is 0 Å². The number of hydrogen-bond acceptors (Lipinski definition) is 4. The van der Waals surface area contributed by atoms with Crippen molar-refractivity contribution >= 4 is 32.8 Å². The first kappa shape index (κ1) is 14.3. The zero-order valence-electron chi connectivity index (χ0n) is 10.8. The van der Waals surface area contributed by atoms with Crippen LogP contribution in [0.15, 0.2) is 6.07 Å². The third kappa shape index (κ3) is 2.74. The van der Waals surface area contributed by atoms with Crippen LogP contribution < -0.4 is 5.32 Å². The molecule has 1 N–H and O–H groups in total. The number of aryl methyl sites for hydroxylation is 1. The molecule has 18 heavy (non-hydrogen) atoms. The molecule has 1 heterocycles. The zero-order valence-corrected chi connectivity index (χ0v) is 13.2. The van der Waals surface area contributed by atoms with Gasteiger partial charge in [-0.25, -0.2) is 8.42 Å². The highest BCUT2D eigenvalue weighted by Gasteiger charge is 2.32. The maximum Gasteiger partial charge on any atom is 0.153 e. The van der Waals surface area contributed by atoms with Crippen molar-refractivity contribution in [3.05, 3.63) is 20.8 Å². The summed E-state index contributed by atoms with van der Waals surface area (Å²) in [6.07, 6.45) is 3.35. The van der Waals surface area contributed by atoms with Gasteiger partial charge >= 0.3 is 0 Å². The lowest BCUT2D eigenvalue weighted by atomic mass is 10.1. The molecule has 1 aliphatic rings. The van der Waals surface area contributed by atoms with E-state index in [4.69, 9.17) is 11.6 Å². The minimum Gasteiger partial charge on any atom is -0.308 e. The fourth-order valence-corrected chi connectivity index (χ4v) is 3.74. The average molecular weight is 308 g/mol. The molecule has 0 bridgehead atoms. The third-order valence-electron chi connectivity index (χ3n) is 3.63. The van der Waals surface area contributed by atoms with Gasteiger partial charge in [0.1, 0.15) is 0 Å². The monoisotopic (exact) mass is 307 g/mol. The van der Waals surface area contributed by atoms with E-state index in [2.05, 4.69) is 5.32 Å². The van der Waals surface area contributed by atoms with Gasteiger partial charge in [0.25, 0.3) is 0 Å². The summed E-state index contributed by atoms with van der Waals surface area (Å²) in [6.45, 7) is 3.97. The molecule has 102 valence electrons. The van der Waals surface area contributed by atoms with Gasteiger partial charge in [-0.3, -0.25) is 0 Å². The summed E-state index contributed by atoms with van der Waals surface area (Å²) in [5.41, 5.74) is 1.24. The minimum atomic E-state index is -3.05. The first-order valence-corrected chi connectivity index (χ1v) is 9.00. The van der Waals surface area contributed by atoms with E-state index >= 15 is 0 Å². The van der Waals surface area contributed by atoms with Gasteiger partial charge in [-0.2, -0.15) is 0 Å². The molecular weight excluding hydrogens is 290 g/mol. The lowest BCUT2D eigenvalue weighted by Crippen LogP contribution is -2.42. The molecular formula is C12H18ClNO2S2. The van der Waals surface area contributed by atoms with Crippen molar-refractivity contribution in [2.24, 2.45) is 0 Å². The molecule has 0 radical (unpaired) electrons. The van der Waals surface area contributed by atoms with Crippen molar-refractivity contribution in [1.29, 1.82) is 0 Å². The summed E-state index contributed by atoms with van der Waals surface area (Å²) in [6, 6.07) is 2.24. The van der Waals surface area contributed by atoms with Crippen LogP contribution in [0.1, 0.15) is 36.8 Å². The van der Waals surface area contributed by atoms with Gasteiger partial charge in [-0.05, 0) is 38.3 Å². The number of nitrogens with one attached hydrogen (secondary N) is 1. The highest BCUT2D eigenvalue weighted by molar-refractivity contribution is 7.92. The molecule has 0 aromatic carbocycles. The minimum absolute atomic E-state index is 0.241. The molecule has 1 aliphatic carbocycles. The predicted molar refractivity (Wildman–Crippen MR) is 77.3 cm³/mol. The number of rotatable bonds is 4. The second-order valence-electron chi connectivity index (χ2n) is 5.43. The van der Waals surface area contributed by atoms with E-state index in [0.717, 1.165) is 17.2 Å². The van der Waals surface area contributed by atoms with Gasteiger partial charge < -0.3 is 5.32 Å². The molecule has 1 aromatic heterocycles. The standard InChI is InChI=1S/C12H18ClNO2S2/c1-12(2,18(3,15)16)7-14-9-4-5-10-8(9)6-11(13)17-10/h6,9,14H,4-5,7H2,1-3H3. The second-order valence-corrected chi connectivity index (χ2v) is 9.85. The van der Waals surface area contributed by atoms with Crippen LogP contribution in [0.3, 0.4) is 0 Å². The summed E-state index contributed by atoms with van der Waals surface area (Å²) in [4.78, 5) is 1.33. The first-order chi connectivity index (χ1) is 8.21. The Morgan fingerprint density at radius 1 is 1.56 bits per heavy atom. The molecule has 0 spiro atoms. The van der Waals surface area contributed by atoms with Crippen LogP contribution in [0.25, 0.3) is 0 Å². The second kappa shape index (κ2) is 4.78. The summed E-state index contributed by atoms with van der Waals surface area (Å²) < 4.78 is 23.4. The Morgan fingerprint density at radius 2 is 2.22 bits per heavy atom. The SMILES string of the molecule is CC(C)(CNC1CCc2sc(Cl)cc21)S(C)(=O)=O. The van der Waals surface area contributed by atoms with Crippen molar-refractivity contribution in [1.82, 2.24) is 5.32 Å². The van der Waals surface area contributed by atoms with E-state index in [-0.39, 0.29) is 6.04 Å². The molecule has 1 unspecified atom stereocenters.